The second-order valence-corrected chi connectivity index (χ2v) is 4.45. The summed E-state index contributed by atoms with van der Waals surface area (Å²) < 4.78 is 23.8. The van der Waals surface area contributed by atoms with Crippen molar-refractivity contribution in [3.63, 3.8) is 0 Å². The Bertz CT molecular complexity index is 559. The predicted octanol–water partition coefficient (Wildman–Crippen LogP) is 3.06. The van der Waals surface area contributed by atoms with Crippen LogP contribution in [0.3, 0.4) is 0 Å². The van der Waals surface area contributed by atoms with Gasteiger partial charge in [-0.1, -0.05) is 5.16 Å². The molecule has 19 heavy (non-hydrogen) atoms. The predicted molar refractivity (Wildman–Crippen MR) is 67.3 cm³/mol. The highest BCUT2D eigenvalue weighted by Gasteiger charge is 2.13. The number of hydrogen-bond acceptors (Lipinski definition) is 4. The largest absolute Gasteiger partial charge is 0.488 e. The van der Waals surface area contributed by atoms with Crippen molar-refractivity contribution in [3.8, 4) is 5.75 Å². The number of aryl methyl sites for hydroxylation is 2. The second-order valence-electron chi connectivity index (χ2n) is 4.45. The first kappa shape index (κ1) is 13.5. The monoisotopic (exact) mass is 265 g/mol. The molecule has 0 aliphatic carbocycles. The number of rotatable bonds is 4. The Labute approximate surface area is 110 Å². The third-order valence-corrected chi connectivity index (χ3v) is 2.98. The average Bonchev–Trinajstić information content (AvgIpc) is 2.68. The van der Waals surface area contributed by atoms with Gasteiger partial charge >= 0.3 is 0 Å². The van der Waals surface area contributed by atoms with Crippen LogP contribution < -0.4 is 4.74 Å². The van der Waals surface area contributed by atoms with Crippen LogP contribution in [0.25, 0.3) is 0 Å². The molecule has 1 aromatic carbocycles. The van der Waals surface area contributed by atoms with E-state index in [1.807, 2.05) is 6.92 Å². The van der Waals surface area contributed by atoms with E-state index in [0.29, 0.717) is 17.1 Å². The van der Waals surface area contributed by atoms with Gasteiger partial charge in [0.1, 0.15) is 23.9 Å². The van der Waals surface area contributed by atoms with Gasteiger partial charge in [0.25, 0.3) is 0 Å². The molecule has 4 nitrogen and oxygen atoms in total. The summed E-state index contributed by atoms with van der Waals surface area (Å²) in [6, 6.07) is 4.08. The van der Waals surface area contributed by atoms with Gasteiger partial charge in [-0.15, -0.1) is 0 Å². The second kappa shape index (κ2) is 5.40. The Morgan fingerprint density at radius 2 is 2.16 bits per heavy atom. The number of aliphatic hydroxyl groups excluding tert-OH is 1. The van der Waals surface area contributed by atoms with Gasteiger partial charge < -0.3 is 14.4 Å². The molecule has 0 radical (unpaired) electrons. The van der Waals surface area contributed by atoms with Crippen LogP contribution in [0.4, 0.5) is 4.39 Å². The first-order chi connectivity index (χ1) is 8.99. The molecule has 1 N–H and O–H groups in total. The number of hydrogen-bond donors (Lipinski definition) is 1. The fourth-order valence-electron chi connectivity index (χ4n) is 1.84. The fraction of sp³-hybridized carbons (Fsp3) is 0.357. The topological polar surface area (TPSA) is 55.5 Å². The Morgan fingerprint density at radius 1 is 1.42 bits per heavy atom. The maximum Gasteiger partial charge on any atom is 0.140 e. The van der Waals surface area contributed by atoms with Gasteiger partial charge in [0, 0.05) is 5.56 Å². The van der Waals surface area contributed by atoms with Crippen molar-refractivity contribution in [1.29, 1.82) is 0 Å². The first-order valence-corrected chi connectivity index (χ1v) is 6.01. The maximum atomic E-state index is 13.2. The molecule has 0 aliphatic rings. The van der Waals surface area contributed by atoms with Crippen LogP contribution in [0.1, 0.15) is 35.6 Å². The minimum atomic E-state index is -0.796. The van der Waals surface area contributed by atoms with E-state index in [0.717, 1.165) is 11.3 Å². The van der Waals surface area contributed by atoms with Crippen molar-refractivity contribution >= 4 is 0 Å². The third kappa shape index (κ3) is 2.93. The van der Waals surface area contributed by atoms with E-state index < -0.39 is 11.9 Å². The van der Waals surface area contributed by atoms with Gasteiger partial charge in [-0.2, -0.15) is 0 Å². The summed E-state index contributed by atoms with van der Waals surface area (Å²) in [6.45, 7) is 5.47. The molecule has 0 unspecified atom stereocenters. The van der Waals surface area contributed by atoms with Crippen LogP contribution in [0, 0.1) is 19.7 Å². The molecule has 0 fully saturated rings. The van der Waals surface area contributed by atoms with Crippen molar-refractivity contribution in [2.24, 2.45) is 0 Å². The summed E-state index contributed by atoms with van der Waals surface area (Å²) in [7, 11) is 0. The molecule has 0 saturated heterocycles. The van der Waals surface area contributed by atoms with E-state index in [-0.39, 0.29) is 6.61 Å². The number of aromatic nitrogens is 1. The zero-order chi connectivity index (χ0) is 14.0. The van der Waals surface area contributed by atoms with Gasteiger partial charge in [0.2, 0.25) is 0 Å². The van der Waals surface area contributed by atoms with Crippen molar-refractivity contribution in [1.82, 2.24) is 5.16 Å². The van der Waals surface area contributed by atoms with E-state index >= 15 is 0 Å². The highest BCUT2D eigenvalue weighted by molar-refractivity contribution is 5.36. The van der Waals surface area contributed by atoms with Crippen LogP contribution in [0.15, 0.2) is 22.7 Å². The lowest BCUT2D eigenvalue weighted by Crippen LogP contribution is -2.02. The molecule has 5 heteroatoms. The average molecular weight is 265 g/mol. The summed E-state index contributed by atoms with van der Waals surface area (Å²) in [4.78, 5) is 0. The molecular weight excluding hydrogens is 249 g/mol. The van der Waals surface area contributed by atoms with Crippen molar-refractivity contribution in [2.45, 2.75) is 33.5 Å². The van der Waals surface area contributed by atoms with Gasteiger partial charge in [-0.3, -0.25) is 0 Å². The molecule has 1 aromatic heterocycles. The molecule has 1 heterocycles. The Hall–Kier alpha value is -1.88. The highest BCUT2D eigenvalue weighted by atomic mass is 19.1. The molecule has 102 valence electrons. The molecule has 1 atom stereocenters. The fourth-order valence-corrected chi connectivity index (χ4v) is 1.84. The summed E-state index contributed by atoms with van der Waals surface area (Å²) in [5.74, 6) is 0.746. The van der Waals surface area contributed by atoms with Crippen LogP contribution in [-0.4, -0.2) is 10.3 Å². The van der Waals surface area contributed by atoms with Crippen molar-refractivity contribution in [3.05, 3.63) is 46.6 Å². The zero-order valence-electron chi connectivity index (χ0n) is 11.1. The smallest absolute Gasteiger partial charge is 0.140 e. The first-order valence-electron chi connectivity index (χ1n) is 6.01. The van der Waals surface area contributed by atoms with E-state index in [9.17, 15) is 9.50 Å². The molecule has 2 aromatic rings. The van der Waals surface area contributed by atoms with E-state index in [4.69, 9.17) is 9.26 Å². The van der Waals surface area contributed by atoms with Gasteiger partial charge in [0.05, 0.1) is 17.4 Å². The lowest BCUT2D eigenvalue weighted by molar-refractivity contribution is 0.189. The minimum Gasteiger partial charge on any atom is -0.488 e. The minimum absolute atomic E-state index is 0.270. The Balaban J connectivity index is 2.20. The summed E-state index contributed by atoms with van der Waals surface area (Å²) in [6.07, 6.45) is -0.796. The molecule has 0 aliphatic heterocycles. The highest BCUT2D eigenvalue weighted by Crippen LogP contribution is 2.27. The Kier molecular flexibility index (Phi) is 3.85. The summed E-state index contributed by atoms with van der Waals surface area (Å²) >= 11 is 0. The van der Waals surface area contributed by atoms with Crippen molar-refractivity contribution < 1.29 is 18.8 Å². The van der Waals surface area contributed by atoms with Crippen LogP contribution in [0.2, 0.25) is 0 Å². The van der Waals surface area contributed by atoms with Crippen LogP contribution in [-0.2, 0) is 6.61 Å². The standard InChI is InChI=1S/C14H16FNO3/c1-8-13(10(3)19-16-8)7-18-14-5-4-11(15)6-12(14)9(2)17/h4-6,9,17H,7H2,1-3H3/t9-/m0/s1. The SMILES string of the molecule is Cc1noc(C)c1COc1ccc(F)cc1[C@H](C)O. The van der Waals surface area contributed by atoms with Gasteiger partial charge in [-0.25, -0.2) is 4.39 Å². The van der Waals surface area contributed by atoms with Crippen LogP contribution >= 0.6 is 0 Å². The van der Waals surface area contributed by atoms with Crippen LogP contribution in [0.5, 0.6) is 5.75 Å². The lowest BCUT2D eigenvalue weighted by atomic mass is 10.1. The van der Waals surface area contributed by atoms with E-state index in [2.05, 4.69) is 5.16 Å². The number of ether oxygens (including phenoxy) is 1. The van der Waals surface area contributed by atoms with Gasteiger partial charge in [-0.05, 0) is 39.0 Å². The van der Waals surface area contributed by atoms with E-state index in [1.54, 1.807) is 13.8 Å². The number of halogens is 1. The molecule has 2 rings (SSSR count). The van der Waals surface area contributed by atoms with Crippen molar-refractivity contribution in [2.75, 3.05) is 0 Å². The number of benzene rings is 1. The number of nitrogens with zero attached hydrogens (tertiary/aromatic N) is 1. The Morgan fingerprint density at radius 3 is 2.74 bits per heavy atom. The van der Waals surface area contributed by atoms with E-state index in [1.165, 1.54) is 18.2 Å². The third-order valence-electron chi connectivity index (χ3n) is 2.98. The summed E-state index contributed by atoms with van der Waals surface area (Å²) in [5.41, 5.74) is 2.05. The lowest BCUT2D eigenvalue weighted by Gasteiger charge is -2.13. The quantitative estimate of drug-likeness (QED) is 0.923. The van der Waals surface area contributed by atoms with Gasteiger partial charge in [0.15, 0.2) is 0 Å². The normalized spacial score (nSPS) is 12.5. The molecular formula is C14H16FNO3. The molecule has 0 amide bonds. The summed E-state index contributed by atoms with van der Waals surface area (Å²) in [5, 5.41) is 13.5. The molecule has 0 saturated carbocycles. The molecule has 0 bridgehead atoms. The maximum absolute atomic E-state index is 13.2. The molecule has 0 spiro atoms. The number of aliphatic hydroxyl groups is 1. The zero-order valence-corrected chi connectivity index (χ0v) is 11.1.